The number of hydrogen-bond donors (Lipinski definition) is 2. The van der Waals surface area contributed by atoms with Crippen LogP contribution in [0.5, 0.6) is 0 Å². The molecule has 0 unspecified atom stereocenters. The highest BCUT2D eigenvalue weighted by atomic mass is 32.2. The molecule has 1 saturated carbocycles. The van der Waals surface area contributed by atoms with E-state index in [-0.39, 0.29) is 24.0 Å². The zero-order valence-electron chi connectivity index (χ0n) is 10.2. The molecule has 1 aliphatic carbocycles. The Morgan fingerprint density at radius 3 is 2.63 bits per heavy atom. The van der Waals surface area contributed by atoms with Crippen LogP contribution in [0.2, 0.25) is 0 Å². The van der Waals surface area contributed by atoms with Crippen molar-refractivity contribution in [3.8, 4) is 0 Å². The molecule has 19 heavy (non-hydrogen) atoms. The monoisotopic (exact) mass is 283 g/mol. The van der Waals surface area contributed by atoms with Crippen LogP contribution in [-0.4, -0.2) is 29.3 Å². The van der Waals surface area contributed by atoms with Gasteiger partial charge in [-0.05, 0) is 25.0 Å². The largest absolute Gasteiger partial charge is 0.481 e. The molecule has 1 fully saturated rings. The van der Waals surface area contributed by atoms with Crippen LogP contribution in [0.15, 0.2) is 29.2 Å². The number of carboxylic acids is 1. The maximum absolute atomic E-state index is 13.3. The molecular formula is C13H14FNO3S. The van der Waals surface area contributed by atoms with Crippen molar-refractivity contribution in [3.63, 3.8) is 0 Å². The SMILES string of the molecule is O=C(CSc1ccccc1F)NCC1(C(=O)O)CC1. The highest BCUT2D eigenvalue weighted by molar-refractivity contribution is 8.00. The third-order valence-corrected chi connectivity index (χ3v) is 4.18. The zero-order chi connectivity index (χ0) is 13.9. The van der Waals surface area contributed by atoms with Crippen LogP contribution in [0.25, 0.3) is 0 Å². The molecule has 0 saturated heterocycles. The highest BCUT2D eigenvalue weighted by Crippen LogP contribution is 2.45. The smallest absolute Gasteiger partial charge is 0.311 e. The Morgan fingerprint density at radius 1 is 1.37 bits per heavy atom. The lowest BCUT2D eigenvalue weighted by Gasteiger charge is -2.11. The molecule has 0 atom stereocenters. The molecule has 0 radical (unpaired) electrons. The summed E-state index contributed by atoms with van der Waals surface area (Å²) in [5.74, 6) is -1.42. The van der Waals surface area contributed by atoms with Crippen molar-refractivity contribution >= 4 is 23.6 Å². The van der Waals surface area contributed by atoms with E-state index < -0.39 is 11.4 Å². The minimum absolute atomic E-state index is 0.0800. The highest BCUT2D eigenvalue weighted by Gasteiger charge is 2.50. The Hall–Kier alpha value is -1.56. The summed E-state index contributed by atoms with van der Waals surface area (Å²) in [7, 11) is 0. The number of carbonyl (C=O) groups is 2. The van der Waals surface area contributed by atoms with E-state index in [4.69, 9.17) is 5.11 Å². The summed E-state index contributed by atoms with van der Waals surface area (Å²) in [4.78, 5) is 22.9. The van der Waals surface area contributed by atoms with Crippen molar-refractivity contribution in [2.24, 2.45) is 5.41 Å². The minimum atomic E-state index is -0.866. The average molecular weight is 283 g/mol. The number of carbonyl (C=O) groups excluding carboxylic acids is 1. The zero-order valence-corrected chi connectivity index (χ0v) is 11.0. The van der Waals surface area contributed by atoms with E-state index in [1.807, 2.05) is 0 Å². The molecule has 4 nitrogen and oxygen atoms in total. The first-order valence-electron chi connectivity index (χ1n) is 5.91. The quantitative estimate of drug-likeness (QED) is 0.783. The van der Waals surface area contributed by atoms with Crippen molar-refractivity contribution < 1.29 is 19.1 Å². The lowest BCUT2D eigenvalue weighted by Crippen LogP contribution is -2.35. The van der Waals surface area contributed by atoms with Gasteiger partial charge in [-0.1, -0.05) is 12.1 Å². The van der Waals surface area contributed by atoms with E-state index in [0.29, 0.717) is 17.7 Å². The van der Waals surface area contributed by atoms with Gasteiger partial charge < -0.3 is 10.4 Å². The number of amides is 1. The van der Waals surface area contributed by atoms with E-state index in [0.717, 1.165) is 11.8 Å². The van der Waals surface area contributed by atoms with Crippen molar-refractivity contribution in [1.29, 1.82) is 0 Å². The van der Waals surface area contributed by atoms with Crippen LogP contribution >= 0.6 is 11.8 Å². The van der Waals surface area contributed by atoms with Crippen molar-refractivity contribution in [2.75, 3.05) is 12.3 Å². The fourth-order valence-electron chi connectivity index (χ4n) is 1.64. The lowest BCUT2D eigenvalue weighted by molar-refractivity contribution is -0.143. The van der Waals surface area contributed by atoms with Crippen molar-refractivity contribution in [1.82, 2.24) is 5.32 Å². The molecule has 0 spiro atoms. The first-order valence-corrected chi connectivity index (χ1v) is 6.89. The third-order valence-electron chi connectivity index (χ3n) is 3.13. The Labute approximate surface area is 114 Å². The molecular weight excluding hydrogens is 269 g/mol. The summed E-state index contributed by atoms with van der Waals surface area (Å²) in [5.41, 5.74) is -0.766. The number of thioether (sulfide) groups is 1. The van der Waals surface area contributed by atoms with E-state index in [2.05, 4.69) is 5.32 Å². The minimum Gasteiger partial charge on any atom is -0.481 e. The predicted molar refractivity (Wildman–Crippen MR) is 69.4 cm³/mol. The molecule has 1 aromatic carbocycles. The van der Waals surface area contributed by atoms with Gasteiger partial charge in [0.2, 0.25) is 5.91 Å². The second-order valence-corrected chi connectivity index (χ2v) is 5.60. The standard InChI is InChI=1S/C13H14FNO3S/c14-9-3-1-2-4-10(9)19-7-11(16)15-8-13(5-6-13)12(17)18/h1-4H,5-8H2,(H,15,16)(H,17,18). The number of nitrogens with one attached hydrogen (secondary N) is 1. The average Bonchev–Trinajstić information content (AvgIpc) is 3.16. The summed E-state index contributed by atoms with van der Waals surface area (Å²) in [6, 6.07) is 6.23. The van der Waals surface area contributed by atoms with Crippen LogP contribution in [0.1, 0.15) is 12.8 Å². The van der Waals surface area contributed by atoms with E-state index in [1.165, 1.54) is 6.07 Å². The van der Waals surface area contributed by atoms with Gasteiger partial charge in [0.15, 0.2) is 0 Å². The van der Waals surface area contributed by atoms with Gasteiger partial charge in [-0.2, -0.15) is 0 Å². The first-order chi connectivity index (χ1) is 9.03. The fraction of sp³-hybridized carbons (Fsp3) is 0.385. The van der Waals surface area contributed by atoms with Crippen LogP contribution in [0, 0.1) is 11.2 Å². The number of aliphatic carboxylic acids is 1. The van der Waals surface area contributed by atoms with Crippen LogP contribution in [0.3, 0.4) is 0 Å². The van der Waals surface area contributed by atoms with Gasteiger partial charge >= 0.3 is 5.97 Å². The Morgan fingerprint density at radius 2 is 2.05 bits per heavy atom. The Balaban J connectivity index is 1.77. The molecule has 1 aromatic rings. The van der Waals surface area contributed by atoms with Gasteiger partial charge in [0, 0.05) is 11.4 Å². The van der Waals surface area contributed by atoms with Crippen LogP contribution in [0.4, 0.5) is 4.39 Å². The number of rotatable bonds is 6. The molecule has 0 aromatic heterocycles. The van der Waals surface area contributed by atoms with Gasteiger partial charge in [0.1, 0.15) is 5.82 Å². The third kappa shape index (κ3) is 3.47. The van der Waals surface area contributed by atoms with Crippen molar-refractivity contribution in [3.05, 3.63) is 30.1 Å². The van der Waals surface area contributed by atoms with Gasteiger partial charge in [-0.3, -0.25) is 9.59 Å². The van der Waals surface area contributed by atoms with E-state index in [1.54, 1.807) is 18.2 Å². The molecule has 0 heterocycles. The summed E-state index contributed by atoms with van der Waals surface area (Å²) in [5, 5.41) is 11.5. The number of halogens is 1. The molecule has 0 bridgehead atoms. The maximum atomic E-state index is 13.3. The fourth-order valence-corrected chi connectivity index (χ4v) is 2.41. The van der Waals surface area contributed by atoms with E-state index >= 15 is 0 Å². The number of hydrogen-bond acceptors (Lipinski definition) is 3. The Kier molecular flexibility index (Phi) is 4.09. The molecule has 1 amide bonds. The number of benzene rings is 1. The number of carboxylic acid groups (broad SMARTS) is 1. The molecule has 0 aliphatic heterocycles. The summed E-state index contributed by atoms with van der Waals surface area (Å²) < 4.78 is 13.3. The summed E-state index contributed by atoms with van der Waals surface area (Å²) in [6.45, 7) is 0.152. The molecule has 6 heteroatoms. The van der Waals surface area contributed by atoms with Gasteiger partial charge in [0.05, 0.1) is 11.2 Å². The summed E-state index contributed by atoms with van der Waals surface area (Å²) >= 11 is 1.10. The van der Waals surface area contributed by atoms with Crippen LogP contribution in [-0.2, 0) is 9.59 Å². The van der Waals surface area contributed by atoms with Gasteiger partial charge in [0.25, 0.3) is 0 Å². The van der Waals surface area contributed by atoms with Gasteiger partial charge in [-0.25, -0.2) is 4.39 Å². The lowest BCUT2D eigenvalue weighted by atomic mass is 10.1. The van der Waals surface area contributed by atoms with E-state index in [9.17, 15) is 14.0 Å². The topological polar surface area (TPSA) is 66.4 Å². The second-order valence-electron chi connectivity index (χ2n) is 4.58. The van der Waals surface area contributed by atoms with Gasteiger partial charge in [-0.15, -0.1) is 11.8 Å². The maximum Gasteiger partial charge on any atom is 0.311 e. The first kappa shape index (κ1) is 13.9. The Bertz CT molecular complexity index is 502. The molecule has 1 aliphatic rings. The summed E-state index contributed by atoms with van der Waals surface area (Å²) in [6.07, 6.45) is 1.20. The van der Waals surface area contributed by atoms with Crippen LogP contribution < -0.4 is 5.32 Å². The predicted octanol–water partition coefficient (Wildman–Crippen LogP) is 1.90. The second kappa shape index (κ2) is 5.61. The molecule has 102 valence electrons. The van der Waals surface area contributed by atoms with Crippen molar-refractivity contribution in [2.45, 2.75) is 17.7 Å². The molecule has 2 rings (SSSR count). The normalized spacial score (nSPS) is 15.8. The molecule has 2 N–H and O–H groups in total.